The number of carbonyl (C=O) groups excluding carboxylic acids is 1. The summed E-state index contributed by atoms with van der Waals surface area (Å²) in [5.41, 5.74) is 7.59. The highest BCUT2D eigenvalue weighted by Crippen LogP contribution is 2.17. The quantitative estimate of drug-likeness (QED) is 0.711. The minimum absolute atomic E-state index is 0.302. The Morgan fingerprint density at radius 2 is 2.40 bits per heavy atom. The lowest BCUT2D eigenvalue weighted by Crippen LogP contribution is -2.02. The zero-order chi connectivity index (χ0) is 10.8. The number of aromatic nitrogens is 2. The average molecular weight is 205 g/mol. The lowest BCUT2D eigenvalue weighted by atomic mass is 10.1. The van der Waals surface area contributed by atoms with Crippen molar-refractivity contribution in [2.75, 3.05) is 7.11 Å². The molecule has 0 amide bonds. The lowest BCUT2D eigenvalue weighted by molar-refractivity contribution is 0.0596. The normalized spacial score (nSPS) is 10.5. The molecule has 0 aliphatic rings. The third-order valence-electron chi connectivity index (χ3n) is 2.24. The molecule has 78 valence electrons. The Bertz CT molecular complexity index is 504. The summed E-state index contributed by atoms with van der Waals surface area (Å²) in [5.74, 6) is -0.443. The molecule has 0 unspecified atom stereocenters. The van der Waals surface area contributed by atoms with Crippen molar-refractivity contribution in [2.24, 2.45) is 5.73 Å². The third kappa shape index (κ3) is 1.57. The maximum absolute atomic E-state index is 11.3. The number of ether oxygens (including phenoxy) is 1. The zero-order valence-electron chi connectivity index (χ0n) is 8.28. The first-order chi connectivity index (χ1) is 7.26. The van der Waals surface area contributed by atoms with E-state index in [2.05, 4.69) is 14.9 Å². The van der Waals surface area contributed by atoms with Gasteiger partial charge in [-0.05, 0) is 17.7 Å². The molecule has 0 fully saturated rings. The van der Waals surface area contributed by atoms with Gasteiger partial charge < -0.3 is 10.5 Å². The van der Waals surface area contributed by atoms with E-state index in [-0.39, 0.29) is 0 Å². The first-order valence-corrected chi connectivity index (χ1v) is 4.51. The molecular formula is C10H11N3O2. The van der Waals surface area contributed by atoms with Crippen molar-refractivity contribution in [3.63, 3.8) is 0 Å². The smallest absolute Gasteiger partial charge is 0.359 e. The van der Waals surface area contributed by atoms with Crippen LogP contribution in [0.25, 0.3) is 10.9 Å². The van der Waals surface area contributed by atoms with Crippen molar-refractivity contribution < 1.29 is 9.53 Å². The highest BCUT2D eigenvalue weighted by Gasteiger charge is 2.13. The van der Waals surface area contributed by atoms with Crippen molar-refractivity contribution in [3.05, 3.63) is 29.5 Å². The fraction of sp³-hybridized carbons (Fsp3) is 0.200. The Balaban J connectivity index is 2.57. The number of rotatable bonds is 2. The van der Waals surface area contributed by atoms with E-state index in [1.807, 2.05) is 18.2 Å². The Morgan fingerprint density at radius 1 is 1.60 bits per heavy atom. The Kier molecular flexibility index (Phi) is 2.39. The second-order valence-corrected chi connectivity index (χ2v) is 3.15. The number of H-pyrrole nitrogens is 1. The van der Waals surface area contributed by atoms with Crippen molar-refractivity contribution >= 4 is 16.9 Å². The number of aromatic amines is 1. The van der Waals surface area contributed by atoms with Gasteiger partial charge in [-0.25, -0.2) is 4.79 Å². The van der Waals surface area contributed by atoms with Gasteiger partial charge >= 0.3 is 5.97 Å². The van der Waals surface area contributed by atoms with Crippen LogP contribution in [0, 0.1) is 0 Å². The van der Waals surface area contributed by atoms with Gasteiger partial charge in [-0.2, -0.15) is 5.10 Å². The SMILES string of the molecule is COC(=O)c1n[nH]c2cc(CN)ccc12. The summed E-state index contributed by atoms with van der Waals surface area (Å²) in [6.07, 6.45) is 0. The van der Waals surface area contributed by atoms with Crippen LogP contribution in [-0.4, -0.2) is 23.3 Å². The number of nitrogens with zero attached hydrogens (tertiary/aromatic N) is 1. The number of nitrogens with two attached hydrogens (primary N) is 1. The van der Waals surface area contributed by atoms with Crippen LogP contribution >= 0.6 is 0 Å². The summed E-state index contributed by atoms with van der Waals surface area (Å²) in [7, 11) is 1.33. The first kappa shape index (κ1) is 9.67. The molecule has 0 bridgehead atoms. The number of hydrogen-bond donors (Lipinski definition) is 2. The van der Waals surface area contributed by atoms with Crippen LogP contribution in [0.2, 0.25) is 0 Å². The van der Waals surface area contributed by atoms with Gasteiger partial charge in [0, 0.05) is 11.9 Å². The molecule has 3 N–H and O–H groups in total. The van der Waals surface area contributed by atoms with E-state index in [0.29, 0.717) is 12.2 Å². The number of benzene rings is 1. The number of methoxy groups -OCH3 is 1. The summed E-state index contributed by atoms with van der Waals surface area (Å²) in [4.78, 5) is 11.3. The minimum Gasteiger partial charge on any atom is -0.464 e. The molecule has 0 atom stereocenters. The van der Waals surface area contributed by atoms with E-state index < -0.39 is 5.97 Å². The number of esters is 1. The van der Waals surface area contributed by atoms with Gasteiger partial charge in [-0.1, -0.05) is 6.07 Å². The summed E-state index contributed by atoms with van der Waals surface area (Å²) in [6.45, 7) is 0.461. The van der Waals surface area contributed by atoms with Crippen LogP contribution in [0.1, 0.15) is 16.1 Å². The molecule has 0 spiro atoms. The Morgan fingerprint density at radius 3 is 3.07 bits per heavy atom. The molecular weight excluding hydrogens is 194 g/mol. The summed E-state index contributed by atoms with van der Waals surface area (Å²) < 4.78 is 4.61. The van der Waals surface area contributed by atoms with Crippen LogP contribution in [0.3, 0.4) is 0 Å². The Hall–Kier alpha value is -1.88. The van der Waals surface area contributed by atoms with Crippen LogP contribution in [0.4, 0.5) is 0 Å². The van der Waals surface area contributed by atoms with Gasteiger partial charge in [0.05, 0.1) is 12.6 Å². The summed E-state index contributed by atoms with van der Waals surface area (Å²) >= 11 is 0. The van der Waals surface area contributed by atoms with Crippen LogP contribution in [-0.2, 0) is 11.3 Å². The molecule has 5 nitrogen and oxygen atoms in total. The van der Waals surface area contributed by atoms with Gasteiger partial charge in [0.1, 0.15) is 0 Å². The fourth-order valence-corrected chi connectivity index (χ4v) is 1.45. The second-order valence-electron chi connectivity index (χ2n) is 3.15. The zero-order valence-corrected chi connectivity index (χ0v) is 8.28. The summed E-state index contributed by atoms with van der Waals surface area (Å²) in [5, 5.41) is 7.42. The van der Waals surface area contributed by atoms with E-state index in [4.69, 9.17) is 5.73 Å². The highest BCUT2D eigenvalue weighted by molar-refractivity contribution is 6.01. The van der Waals surface area contributed by atoms with Crippen LogP contribution < -0.4 is 5.73 Å². The molecule has 0 aliphatic carbocycles. The molecule has 0 aliphatic heterocycles. The minimum atomic E-state index is -0.443. The number of nitrogens with one attached hydrogen (secondary N) is 1. The number of hydrogen-bond acceptors (Lipinski definition) is 4. The standard InChI is InChI=1S/C10H11N3O2/c1-15-10(14)9-7-3-2-6(5-11)4-8(7)12-13-9/h2-4H,5,11H2,1H3,(H,12,13). The molecule has 0 saturated heterocycles. The van der Waals surface area contributed by atoms with Crippen LogP contribution in [0.15, 0.2) is 18.2 Å². The molecule has 1 aromatic heterocycles. The molecule has 2 aromatic rings. The molecule has 2 rings (SSSR count). The lowest BCUT2D eigenvalue weighted by Gasteiger charge is -1.97. The summed E-state index contributed by atoms with van der Waals surface area (Å²) in [6, 6.07) is 5.55. The van der Waals surface area contributed by atoms with Crippen molar-refractivity contribution in [1.29, 1.82) is 0 Å². The average Bonchev–Trinajstić information content (AvgIpc) is 2.70. The van der Waals surface area contributed by atoms with Gasteiger partial charge in [0.25, 0.3) is 0 Å². The van der Waals surface area contributed by atoms with E-state index in [1.165, 1.54) is 7.11 Å². The number of fused-ring (bicyclic) bond motifs is 1. The van der Waals surface area contributed by atoms with Crippen LogP contribution in [0.5, 0.6) is 0 Å². The maximum atomic E-state index is 11.3. The van der Waals surface area contributed by atoms with Gasteiger partial charge in [-0.15, -0.1) is 0 Å². The third-order valence-corrected chi connectivity index (χ3v) is 2.24. The van der Waals surface area contributed by atoms with Gasteiger partial charge in [0.15, 0.2) is 5.69 Å². The van der Waals surface area contributed by atoms with Gasteiger partial charge in [0.2, 0.25) is 0 Å². The van der Waals surface area contributed by atoms with E-state index in [1.54, 1.807) is 0 Å². The Labute approximate surface area is 86.2 Å². The van der Waals surface area contributed by atoms with Gasteiger partial charge in [-0.3, -0.25) is 5.10 Å². The predicted molar refractivity (Wildman–Crippen MR) is 55.3 cm³/mol. The molecule has 5 heteroatoms. The van der Waals surface area contributed by atoms with E-state index in [9.17, 15) is 4.79 Å². The molecule has 0 radical (unpaired) electrons. The van der Waals surface area contributed by atoms with E-state index in [0.717, 1.165) is 16.5 Å². The molecule has 1 aromatic carbocycles. The highest BCUT2D eigenvalue weighted by atomic mass is 16.5. The van der Waals surface area contributed by atoms with Crippen molar-refractivity contribution in [2.45, 2.75) is 6.54 Å². The van der Waals surface area contributed by atoms with E-state index >= 15 is 0 Å². The topological polar surface area (TPSA) is 81.0 Å². The second kappa shape index (κ2) is 3.70. The van der Waals surface area contributed by atoms with Crippen molar-refractivity contribution in [3.8, 4) is 0 Å². The number of carbonyl (C=O) groups is 1. The molecule has 1 heterocycles. The monoisotopic (exact) mass is 205 g/mol. The largest absolute Gasteiger partial charge is 0.464 e. The predicted octanol–water partition coefficient (Wildman–Crippen LogP) is 0.808. The maximum Gasteiger partial charge on any atom is 0.359 e. The van der Waals surface area contributed by atoms with Crippen molar-refractivity contribution in [1.82, 2.24) is 10.2 Å². The molecule has 15 heavy (non-hydrogen) atoms. The fourth-order valence-electron chi connectivity index (χ4n) is 1.45. The molecule has 0 saturated carbocycles. The first-order valence-electron chi connectivity index (χ1n) is 4.51.